The number of fused-ring (bicyclic) bond motifs is 2. The van der Waals surface area contributed by atoms with E-state index >= 15 is 0 Å². The summed E-state index contributed by atoms with van der Waals surface area (Å²) in [6.07, 6.45) is 1.96. The molecule has 0 unspecified atom stereocenters. The molecule has 0 N–H and O–H groups in total. The van der Waals surface area contributed by atoms with Crippen LogP contribution in [-0.2, 0) is 33.5 Å². The van der Waals surface area contributed by atoms with Crippen molar-refractivity contribution in [3.63, 3.8) is 0 Å². The highest BCUT2D eigenvalue weighted by Gasteiger charge is 2.36. The molecule has 5 rings (SSSR count). The first-order valence-electron chi connectivity index (χ1n) is 15.8. The van der Waals surface area contributed by atoms with Crippen LogP contribution in [0, 0.1) is 26.6 Å². The lowest BCUT2D eigenvalue weighted by molar-refractivity contribution is -0.166. The second-order valence-corrected chi connectivity index (χ2v) is 13.4. The number of hydrogen-bond acceptors (Lipinski definition) is 5. The van der Waals surface area contributed by atoms with E-state index in [9.17, 15) is 14.0 Å². The Kier molecular flexibility index (Phi) is 9.62. The van der Waals surface area contributed by atoms with Crippen molar-refractivity contribution in [1.29, 1.82) is 0 Å². The molecule has 8 heteroatoms. The van der Waals surface area contributed by atoms with Gasteiger partial charge in [-0.15, -0.1) is 0 Å². The first kappa shape index (κ1) is 33.0. The predicted molar refractivity (Wildman–Crippen MR) is 175 cm³/mol. The number of benzene rings is 3. The molecule has 6 nitrogen and oxygen atoms in total. The third kappa shape index (κ3) is 6.61. The number of ether oxygens (including phenoxy) is 3. The lowest BCUT2D eigenvalue weighted by Gasteiger charge is -2.32. The van der Waals surface area contributed by atoms with E-state index in [-0.39, 0.29) is 12.5 Å². The van der Waals surface area contributed by atoms with E-state index in [4.69, 9.17) is 25.8 Å². The lowest BCUT2D eigenvalue weighted by atomic mass is 9.79. The maximum absolute atomic E-state index is 14.0. The van der Waals surface area contributed by atoms with Crippen molar-refractivity contribution in [3.8, 4) is 16.9 Å². The number of nitrogens with zero attached hydrogens (tertiary/aromatic N) is 1. The molecule has 240 valence electrons. The van der Waals surface area contributed by atoms with E-state index in [1.807, 2.05) is 33.8 Å². The predicted octanol–water partition coefficient (Wildman–Crippen LogP) is 8.06. The number of rotatable bonds is 6. The molecule has 0 fully saturated rings. The molecule has 2 aliphatic rings. The van der Waals surface area contributed by atoms with E-state index < -0.39 is 23.5 Å². The molecule has 0 saturated heterocycles. The maximum Gasteiger partial charge on any atom is 0.339 e. The van der Waals surface area contributed by atoms with E-state index in [2.05, 4.69) is 13.8 Å². The second kappa shape index (κ2) is 13.1. The van der Waals surface area contributed by atoms with Crippen LogP contribution in [0.4, 0.5) is 4.39 Å². The van der Waals surface area contributed by atoms with Gasteiger partial charge in [0.1, 0.15) is 11.6 Å². The van der Waals surface area contributed by atoms with Gasteiger partial charge in [0.2, 0.25) is 0 Å². The van der Waals surface area contributed by atoms with Crippen LogP contribution in [0.5, 0.6) is 5.75 Å². The molecule has 2 heterocycles. The van der Waals surface area contributed by atoms with E-state index in [0.717, 1.165) is 68.7 Å². The number of carbonyl (C=O) groups excluding carboxylic acids is 2. The summed E-state index contributed by atoms with van der Waals surface area (Å²) in [7, 11) is 0. The van der Waals surface area contributed by atoms with Crippen LogP contribution in [0.1, 0.15) is 89.5 Å². The SMILES string of the molecule is CCOC(=O)[C@@H](OC(C)(C)C)c1c(C)c2c(c(C)c1-c1cc(Cl)c3c(c1C)CCCO3)CCN(C(=O)c1cccc(F)c1)CC2. The minimum absolute atomic E-state index is 0.198. The molecule has 1 atom stereocenters. The molecular formula is C37H43ClFNO5. The van der Waals surface area contributed by atoms with Crippen molar-refractivity contribution in [2.24, 2.45) is 0 Å². The summed E-state index contributed by atoms with van der Waals surface area (Å²) in [5.74, 6) is -0.351. The van der Waals surface area contributed by atoms with Gasteiger partial charge in [-0.05, 0) is 143 Å². The average molecular weight is 636 g/mol. The Morgan fingerprint density at radius 2 is 1.69 bits per heavy atom. The van der Waals surface area contributed by atoms with Crippen molar-refractivity contribution >= 4 is 23.5 Å². The van der Waals surface area contributed by atoms with Crippen LogP contribution in [0.2, 0.25) is 5.02 Å². The van der Waals surface area contributed by atoms with Gasteiger partial charge in [-0.3, -0.25) is 4.79 Å². The fourth-order valence-corrected chi connectivity index (χ4v) is 7.11. The van der Waals surface area contributed by atoms with Gasteiger partial charge in [-0.25, -0.2) is 9.18 Å². The summed E-state index contributed by atoms with van der Waals surface area (Å²) in [5, 5.41) is 0.541. The zero-order valence-electron chi connectivity index (χ0n) is 27.4. The van der Waals surface area contributed by atoms with E-state index in [1.54, 1.807) is 24.0 Å². The van der Waals surface area contributed by atoms with Crippen LogP contribution >= 0.6 is 11.6 Å². The van der Waals surface area contributed by atoms with Gasteiger partial charge in [-0.2, -0.15) is 0 Å². The third-order valence-corrected chi connectivity index (χ3v) is 9.16. The van der Waals surface area contributed by atoms with Crippen LogP contribution < -0.4 is 4.74 Å². The Labute approximate surface area is 270 Å². The number of halogens is 2. The Bertz CT molecular complexity index is 1640. The van der Waals surface area contributed by atoms with Crippen molar-refractivity contribution in [1.82, 2.24) is 4.90 Å². The average Bonchev–Trinajstić information content (AvgIpc) is 3.23. The quantitative estimate of drug-likeness (QED) is 0.256. The first-order valence-corrected chi connectivity index (χ1v) is 16.2. The summed E-state index contributed by atoms with van der Waals surface area (Å²) in [4.78, 5) is 29.0. The standard InChI is InChI=1S/C37H43ClFNO5/c1-8-43-36(42)34(45-37(5,6)7)32-23(4)27-15-17-40(35(41)24-11-9-12-25(39)19-24)16-14-26(27)22(3)31(32)29-20-30(38)33-28(21(29)2)13-10-18-44-33/h9,11-12,19-20,34H,8,10,13-18H2,1-7H3/t34-/m0/s1. The molecule has 0 aliphatic carbocycles. The number of amides is 1. The van der Waals surface area contributed by atoms with Crippen LogP contribution in [-0.4, -0.2) is 48.7 Å². The molecule has 0 radical (unpaired) electrons. The molecule has 3 aromatic rings. The first-order chi connectivity index (χ1) is 21.3. The maximum atomic E-state index is 14.0. The topological polar surface area (TPSA) is 65.1 Å². The van der Waals surface area contributed by atoms with Crippen molar-refractivity contribution < 1.29 is 28.2 Å². The summed E-state index contributed by atoms with van der Waals surface area (Å²) in [6.45, 7) is 15.6. The highest BCUT2D eigenvalue weighted by atomic mass is 35.5. The van der Waals surface area contributed by atoms with Crippen molar-refractivity contribution in [2.75, 3.05) is 26.3 Å². The number of esters is 1. The van der Waals surface area contributed by atoms with Crippen LogP contribution in [0.25, 0.3) is 11.1 Å². The van der Waals surface area contributed by atoms with Gasteiger partial charge >= 0.3 is 5.97 Å². The van der Waals surface area contributed by atoms with Gasteiger partial charge in [0, 0.05) is 24.2 Å². The molecular weight excluding hydrogens is 593 g/mol. The number of hydrogen-bond donors (Lipinski definition) is 0. The monoisotopic (exact) mass is 635 g/mol. The Morgan fingerprint density at radius 3 is 2.33 bits per heavy atom. The summed E-state index contributed by atoms with van der Waals surface area (Å²) >= 11 is 6.89. The van der Waals surface area contributed by atoms with Gasteiger partial charge in [-0.1, -0.05) is 17.7 Å². The van der Waals surface area contributed by atoms with E-state index in [1.165, 1.54) is 12.1 Å². The van der Waals surface area contributed by atoms with Gasteiger partial charge < -0.3 is 19.1 Å². The Morgan fingerprint density at radius 1 is 1.00 bits per heavy atom. The zero-order chi connectivity index (χ0) is 32.6. The fraction of sp³-hybridized carbons (Fsp3) is 0.459. The fourth-order valence-electron chi connectivity index (χ4n) is 6.83. The number of carbonyl (C=O) groups is 2. The smallest absolute Gasteiger partial charge is 0.339 e. The van der Waals surface area contributed by atoms with Gasteiger partial charge in [0.25, 0.3) is 5.91 Å². The zero-order valence-corrected chi connectivity index (χ0v) is 28.1. The lowest BCUT2D eigenvalue weighted by Crippen LogP contribution is -2.33. The molecule has 3 aromatic carbocycles. The second-order valence-electron chi connectivity index (χ2n) is 13.0. The van der Waals surface area contributed by atoms with Gasteiger partial charge in [0.05, 0.1) is 23.8 Å². The molecule has 0 spiro atoms. The highest BCUT2D eigenvalue weighted by molar-refractivity contribution is 6.32. The Hall–Kier alpha value is -3.42. The van der Waals surface area contributed by atoms with Gasteiger partial charge in [0.15, 0.2) is 6.10 Å². The molecule has 45 heavy (non-hydrogen) atoms. The largest absolute Gasteiger partial charge is 0.492 e. The highest BCUT2D eigenvalue weighted by Crippen LogP contribution is 2.47. The molecule has 1 amide bonds. The summed E-state index contributed by atoms with van der Waals surface area (Å²) < 4.78 is 32.1. The molecule has 0 saturated carbocycles. The Balaban J connectivity index is 1.72. The van der Waals surface area contributed by atoms with Crippen molar-refractivity contribution in [2.45, 2.75) is 85.9 Å². The molecule has 0 aromatic heterocycles. The van der Waals surface area contributed by atoms with Crippen LogP contribution in [0.3, 0.4) is 0 Å². The summed E-state index contributed by atoms with van der Waals surface area (Å²) in [5.41, 5.74) is 8.64. The normalized spacial score (nSPS) is 15.4. The minimum atomic E-state index is -0.984. The third-order valence-electron chi connectivity index (χ3n) is 8.88. The summed E-state index contributed by atoms with van der Waals surface area (Å²) in [6, 6.07) is 7.79. The van der Waals surface area contributed by atoms with E-state index in [0.29, 0.717) is 43.1 Å². The van der Waals surface area contributed by atoms with Crippen LogP contribution in [0.15, 0.2) is 30.3 Å². The molecule has 0 bridgehead atoms. The van der Waals surface area contributed by atoms with Crippen molar-refractivity contribution in [3.05, 3.63) is 85.7 Å². The minimum Gasteiger partial charge on any atom is -0.492 e. The molecule has 2 aliphatic heterocycles.